The van der Waals surface area contributed by atoms with Crippen LogP contribution in [-0.2, 0) is 4.74 Å². The van der Waals surface area contributed by atoms with Crippen molar-refractivity contribution in [3.8, 4) is 5.88 Å². The molecule has 21 heavy (non-hydrogen) atoms. The topological polar surface area (TPSA) is 59.5 Å². The van der Waals surface area contributed by atoms with E-state index in [-0.39, 0.29) is 6.10 Å². The lowest BCUT2D eigenvalue weighted by Crippen LogP contribution is -2.51. The first-order valence-electron chi connectivity index (χ1n) is 7.79. The van der Waals surface area contributed by atoms with E-state index in [9.17, 15) is 0 Å². The lowest BCUT2D eigenvalue weighted by Gasteiger charge is -2.36. The maximum Gasteiger partial charge on any atom is 0.218 e. The molecule has 1 saturated carbocycles. The maximum absolute atomic E-state index is 5.66. The predicted molar refractivity (Wildman–Crippen MR) is 80.8 cm³/mol. The Labute approximate surface area is 125 Å². The van der Waals surface area contributed by atoms with E-state index in [4.69, 9.17) is 9.47 Å². The van der Waals surface area contributed by atoms with Crippen LogP contribution in [0.3, 0.4) is 0 Å². The molecule has 2 aliphatic rings. The van der Waals surface area contributed by atoms with Crippen molar-refractivity contribution in [2.75, 3.05) is 31.2 Å². The van der Waals surface area contributed by atoms with E-state index in [1.54, 1.807) is 6.33 Å². The fraction of sp³-hybridized carbons (Fsp3) is 0.733. The Morgan fingerprint density at radius 1 is 1.43 bits per heavy atom. The number of anilines is 1. The van der Waals surface area contributed by atoms with Crippen LogP contribution in [0.5, 0.6) is 5.88 Å². The molecular weight excluding hydrogens is 268 g/mol. The Balaban J connectivity index is 1.69. The molecule has 6 nitrogen and oxygen atoms in total. The smallest absolute Gasteiger partial charge is 0.218 e. The average Bonchev–Trinajstić information content (AvgIpc) is 3.29. The molecule has 1 aromatic heterocycles. The molecule has 1 atom stereocenters. The van der Waals surface area contributed by atoms with Gasteiger partial charge in [0.15, 0.2) is 0 Å². The molecule has 0 bridgehead atoms. The van der Waals surface area contributed by atoms with Crippen molar-refractivity contribution in [1.29, 1.82) is 0 Å². The Bertz CT molecular complexity index is 465. The average molecular weight is 292 g/mol. The van der Waals surface area contributed by atoms with Crippen LogP contribution >= 0.6 is 0 Å². The van der Waals surface area contributed by atoms with Gasteiger partial charge >= 0.3 is 0 Å². The van der Waals surface area contributed by atoms with Crippen LogP contribution in [0.25, 0.3) is 0 Å². The standard InChI is InChI=1S/C15H24N4O2/c1-11(2)21-15-7-14(17-10-18-15)19-5-6-20-9-13(19)8-16-12-3-4-12/h7,10-13,16H,3-6,8-9H2,1-2H3. The molecule has 1 aromatic rings. The minimum Gasteiger partial charge on any atom is -0.475 e. The molecule has 0 radical (unpaired) electrons. The van der Waals surface area contributed by atoms with E-state index >= 15 is 0 Å². The lowest BCUT2D eigenvalue weighted by atomic mass is 10.2. The van der Waals surface area contributed by atoms with Gasteiger partial charge in [-0.25, -0.2) is 9.97 Å². The second-order valence-corrected chi connectivity index (χ2v) is 5.99. The number of rotatable bonds is 6. The van der Waals surface area contributed by atoms with Gasteiger partial charge in [-0.1, -0.05) is 0 Å². The summed E-state index contributed by atoms with van der Waals surface area (Å²) < 4.78 is 11.3. The molecule has 1 aliphatic heterocycles. The highest BCUT2D eigenvalue weighted by molar-refractivity contribution is 5.42. The highest BCUT2D eigenvalue weighted by atomic mass is 16.5. The molecular formula is C15H24N4O2. The molecule has 116 valence electrons. The summed E-state index contributed by atoms with van der Waals surface area (Å²) in [6, 6.07) is 2.95. The third-order valence-corrected chi connectivity index (χ3v) is 3.73. The van der Waals surface area contributed by atoms with Gasteiger partial charge in [-0.2, -0.15) is 0 Å². The molecule has 3 rings (SSSR count). The van der Waals surface area contributed by atoms with E-state index in [0.29, 0.717) is 18.0 Å². The van der Waals surface area contributed by atoms with E-state index in [1.165, 1.54) is 12.8 Å². The Kier molecular flexibility index (Phi) is 4.55. The summed E-state index contributed by atoms with van der Waals surface area (Å²) >= 11 is 0. The number of nitrogens with one attached hydrogen (secondary N) is 1. The fourth-order valence-corrected chi connectivity index (χ4v) is 2.51. The van der Waals surface area contributed by atoms with Gasteiger partial charge in [0.25, 0.3) is 0 Å². The third-order valence-electron chi connectivity index (χ3n) is 3.73. The van der Waals surface area contributed by atoms with Gasteiger partial charge < -0.3 is 19.7 Å². The molecule has 2 heterocycles. The Morgan fingerprint density at radius 2 is 2.29 bits per heavy atom. The third kappa shape index (κ3) is 4.04. The number of morpholine rings is 1. The second kappa shape index (κ2) is 6.58. The van der Waals surface area contributed by atoms with E-state index < -0.39 is 0 Å². The van der Waals surface area contributed by atoms with Gasteiger partial charge in [-0.15, -0.1) is 0 Å². The van der Waals surface area contributed by atoms with E-state index in [0.717, 1.165) is 32.1 Å². The predicted octanol–water partition coefficient (Wildman–Crippen LogP) is 1.22. The normalized spacial score (nSPS) is 22.6. The van der Waals surface area contributed by atoms with Crippen LogP contribution in [0.4, 0.5) is 5.82 Å². The van der Waals surface area contributed by atoms with Gasteiger partial charge in [0, 0.05) is 25.2 Å². The first-order valence-corrected chi connectivity index (χ1v) is 7.79. The first kappa shape index (κ1) is 14.5. The van der Waals surface area contributed by atoms with Crippen LogP contribution in [-0.4, -0.2) is 54.5 Å². The van der Waals surface area contributed by atoms with Gasteiger partial charge in [-0.3, -0.25) is 0 Å². The molecule has 0 spiro atoms. The van der Waals surface area contributed by atoms with Crippen molar-refractivity contribution >= 4 is 5.82 Å². The fourth-order valence-electron chi connectivity index (χ4n) is 2.51. The monoisotopic (exact) mass is 292 g/mol. The number of aromatic nitrogens is 2. The summed E-state index contributed by atoms with van der Waals surface area (Å²) in [7, 11) is 0. The van der Waals surface area contributed by atoms with Gasteiger partial charge in [-0.05, 0) is 26.7 Å². The number of ether oxygens (including phenoxy) is 2. The van der Waals surface area contributed by atoms with Gasteiger partial charge in [0.2, 0.25) is 5.88 Å². The highest BCUT2D eigenvalue weighted by Crippen LogP contribution is 2.22. The molecule has 6 heteroatoms. The SMILES string of the molecule is CC(C)Oc1cc(N2CCOCC2CNC2CC2)ncn1. The Hall–Kier alpha value is -1.40. The van der Waals surface area contributed by atoms with Crippen LogP contribution < -0.4 is 15.0 Å². The highest BCUT2D eigenvalue weighted by Gasteiger charge is 2.28. The number of hydrogen-bond donors (Lipinski definition) is 1. The minimum atomic E-state index is 0.116. The summed E-state index contributed by atoms with van der Waals surface area (Å²) in [4.78, 5) is 10.9. The summed E-state index contributed by atoms with van der Waals surface area (Å²) in [6.07, 6.45) is 4.29. The van der Waals surface area contributed by atoms with Crippen LogP contribution in [0.1, 0.15) is 26.7 Å². The molecule has 2 fully saturated rings. The lowest BCUT2D eigenvalue weighted by molar-refractivity contribution is 0.0931. The molecule has 1 unspecified atom stereocenters. The van der Waals surface area contributed by atoms with Gasteiger partial charge in [0.1, 0.15) is 12.1 Å². The first-order chi connectivity index (χ1) is 10.2. The van der Waals surface area contributed by atoms with Crippen molar-refractivity contribution in [2.45, 2.75) is 44.9 Å². The van der Waals surface area contributed by atoms with Gasteiger partial charge in [0.05, 0.1) is 25.4 Å². The maximum atomic E-state index is 5.66. The summed E-state index contributed by atoms with van der Waals surface area (Å²) in [6.45, 7) is 7.27. The van der Waals surface area contributed by atoms with Crippen LogP contribution in [0.15, 0.2) is 12.4 Å². The van der Waals surface area contributed by atoms with E-state index in [2.05, 4.69) is 20.2 Å². The summed E-state index contributed by atoms with van der Waals surface area (Å²) in [5.74, 6) is 1.56. The molecule has 1 saturated heterocycles. The molecule has 1 aliphatic carbocycles. The number of nitrogens with zero attached hydrogens (tertiary/aromatic N) is 3. The molecule has 0 aromatic carbocycles. The largest absolute Gasteiger partial charge is 0.475 e. The van der Waals surface area contributed by atoms with Crippen molar-refractivity contribution in [2.24, 2.45) is 0 Å². The van der Waals surface area contributed by atoms with Crippen molar-refractivity contribution < 1.29 is 9.47 Å². The quantitative estimate of drug-likeness (QED) is 0.851. The zero-order chi connectivity index (χ0) is 14.7. The zero-order valence-corrected chi connectivity index (χ0v) is 12.8. The Morgan fingerprint density at radius 3 is 3.05 bits per heavy atom. The minimum absolute atomic E-state index is 0.116. The summed E-state index contributed by atoms with van der Waals surface area (Å²) in [5.41, 5.74) is 0. The molecule has 0 amide bonds. The van der Waals surface area contributed by atoms with Crippen molar-refractivity contribution in [3.63, 3.8) is 0 Å². The van der Waals surface area contributed by atoms with Crippen molar-refractivity contribution in [1.82, 2.24) is 15.3 Å². The number of hydrogen-bond acceptors (Lipinski definition) is 6. The van der Waals surface area contributed by atoms with E-state index in [1.807, 2.05) is 19.9 Å². The van der Waals surface area contributed by atoms with Crippen LogP contribution in [0, 0.1) is 0 Å². The van der Waals surface area contributed by atoms with Crippen LogP contribution in [0.2, 0.25) is 0 Å². The zero-order valence-electron chi connectivity index (χ0n) is 12.8. The molecule has 1 N–H and O–H groups in total. The second-order valence-electron chi connectivity index (χ2n) is 5.99. The van der Waals surface area contributed by atoms with Crippen molar-refractivity contribution in [3.05, 3.63) is 12.4 Å². The summed E-state index contributed by atoms with van der Waals surface area (Å²) in [5, 5.41) is 3.58.